The topological polar surface area (TPSA) is 35.5 Å². The molecule has 3 heteroatoms. The third kappa shape index (κ3) is 8.80. The summed E-state index contributed by atoms with van der Waals surface area (Å²) in [7, 11) is 0. The van der Waals surface area contributed by atoms with Crippen LogP contribution in [0.3, 0.4) is 0 Å². The van der Waals surface area contributed by atoms with Gasteiger partial charge in [-0.2, -0.15) is 0 Å². The second-order valence-corrected chi connectivity index (χ2v) is 4.95. The van der Waals surface area contributed by atoms with E-state index in [4.69, 9.17) is 9.47 Å². The zero-order chi connectivity index (χ0) is 13.8. The fraction of sp³-hybridized carbons (Fsp3) is 0.812. The molecule has 1 saturated heterocycles. The third-order valence-electron chi connectivity index (χ3n) is 3.12. The van der Waals surface area contributed by atoms with Gasteiger partial charge in [0.2, 0.25) is 5.78 Å². The second kappa shape index (κ2) is 11.0. The van der Waals surface area contributed by atoms with Gasteiger partial charge in [-0.25, -0.2) is 0 Å². The second-order valence-electron chi connectivity index (χ2n) is 4.95. The quantitative estimate of drug-likeness (QED) is 0.383. The number of hydrogen-bond donors (Lipinski definition) is 0. The van der Waals surface area contributed by atoms with Crippen molar-refractivity contribution in [3.05, 3.63) is 0 Å². The Morgan fingerprint density at radius 1 is 1.32 bits per heavy atom. The molecule has 0 N–H and O–H groups in total. The molecular formula is C16H26O3. The van der Waals surface area contributed by atoms with E-state index in [1.54, 1.807) is 0 Å². The van der Waals surface area contributed by atoms with Crippen LogP contribution in [0.5, 0.6) is 0 Å². The average molecular weight is 266 g/mol. The highest BCUT2D eigenvalue weighted by atomic mass is 16.7. The Balaban J connectivity index is 1.94. The molecule has 0 aromatic carbocycles. The zero-order valence-electron chi connectivity index (χ0n) is 12.1. The number of Topliss-reactive ketones (excluding diaryl/α,β-unsaturated/α-hetero) is 1. The van der Waals surface area contributed by atoms with Gasteiger partial charge in [0.1, 0.15) is 0 Å². The van der Waals surface area contributed by atoms with Gasteiger partial charge in [-0.15, -0.1) is 0 Å². The maximum absolute atomic E-state index is 11.4. The van der Waals surface area contributed by atoms with E-state index in [2.05, 4.69) is 18.8 Å². The maximum Gasteiger partial charge on any atom is 0.205 e. The monoisotopic (exact) mass is 266 g/mol. The summed E-state index contributed by atoms with van der Waals surface area (Å²) >= 11 is 0. The van der Waals surface area contributed by atoms with Crippen molar-refractivity contribution >= 4 is 5.78 Å². The molecule has 1 heterocycles. The standard InChI is InChI=1S/C16H26O3/c1-2-3-4-5-10-15(17)11-6-8-13-18-16-12-7-9-14-19-16/h16H,2-4,6-9,11-14H2,1H3. The first-order valence-corrected chi connectivity index (χ1v) is 7.58. The molecule has 1 unspecified atom stereocenters. The van der Waals surface area contributed by atoms with E-state index >= 15 is 0 Å². The van der Waals surface area contributed by atoms with Crippen molar-refractivity contribution in [2.24, 2.45) is 0 Å². The fourth-order valence-corrected chi connectivity index (χ4v) is 1.93. The largest absolute Gasteiger partial charge is 0.353 e. The van der Waals surface area contributed by atoms with Crippen LogP contribution in [0.2, 0.25) is 0 Å². The van der Waals surface area contributed by atoms with Crippen LogP contribution >= 0.6 is 0 Å². The molecule has 0 radical (unpaired) electrons. The molecule has 0 amide bonds. The smallest absolute Gasteiger partial charge is 0.205 e. The molecule has 0 bridgehead atoms. The number of rotatable bonds is 8. The number of ketones is 1. The molecule has 0 spiro atoms. The number of unbranched alkanes of at least 4 members (excludes halogenated alkanes) is 3. The summed E-state index contributed by atoms with van der Waals surface area (Å²) in [5.41, 5.74) is 0. The Hall–Kier alpha value is -0.850. The number of hydrogen-bond acceptors (Lipinski definition) is 3. The predicted octanol–water partition coefficient (Wildman–Crippen LogP) is 3.46. The summed E-state index contributed by atoms with van der Waals surface area (Å²) in [6.07, 6.45) is 8.68. The van der Waals surface area contributed by atoms with Gasteiger partial charge in [0.05, 0.1) is 0 Å². The van der Waals surface area contributed by atoms with E-state index in [-0.39, 0.29) is 12.1 Å². The minimum atomic E-state index is -0.0155. The van der Waals surface area contributed by atoms with E-state index in [0.29, 0.717) is 13.0 Å². The van der Waals surface area contributed by atoms with E-state index < -0.39 is 0 Å². The van der Waals surface area contributed by atoms with Crippen LogP contribution in [0.25, 0.3) is 0 Å². The van der Waals surface area contributed by atoms with Gasteiger partial charge >= 0.3 is 0 Å². The highest BCUT2D eigenvalue weighted by molar-refractivity contribution is 5.95. The van der Waals surface area contributed by atoms with Crippen LogP contribution in [0.1, 0.15) is 64.7 Å². The van der Waals surface area contributed by atoms with Crippen LogP contribution in [0, 0.1) is 11.8 Å². The first kappa shape index (κ1) is 16.2. The van der Waals surface area contributed by atoms with Crippen molar-refractivity contribution in [3.63, 3.8) is 0 Å². The summed E-state index contributed by atoms with van der Waals surface area (Å²) in [6, 6.07) is 0. The molecule has 19 heavy (non-hydrogen) atoms. The lowest BCUT2D eigenvalue weighted by Gasteiger charge is -2.22. The van der Waals surface area contributed by atoms with Crippen LogP contribution < -0.4 is 0 Å². The molecule has 1 aliphatic heterocycles. The lowest BCUT2D eigenvalue weighted by atomic mass is 10.1. The highest BCUT2D eigenvalue weighted by Crippen LogP contribution is 2.14. The molecule has 0 aromatic heterocycles. The zero-order valence-corrected chi connectivity index (χ0v) is 12.1. The van der Waals surface area contributed by atoms with Gasteiger partial charge < -0.3 is 9.47 Å². The summed E-state index contributed by atoms with van der Waals surface area (Å²) < 4.78 is 11.1. The van der Waals surface area contributed by atoms with Crippen LogP contribution in [-0.4, -0.2) is 25.3 Å². The number of ether oxygens (including phenoxy) is 2. The van der Waals surface area contributed by atoms with E-state index in [9.17, 15) is 4.79 Å². The van der Waals surface area contributed by atoms with Gasteiger partial charge in [-0.3, -0.25) is 4.79 Å². The minimum absolute atomic E-state index is 0.0155. The normalized spacial score (nSPS) is 18.7. The van der Waals surface area contributed by atoms with E-state index in [1.807, 2.05) is 0 Å². The fourth-order valence-electron chi connectivity index (χ4n) is 1.93. The Kier molecular flexibility index (Phi) is 9.40. The van der Waals surface area contributed by atoms with Crippen molar-refractivity contribution < 1.29 is 14.3 Å². The molecule has 0 aromatic rings. The Morgan fingerprint density at radius 3 is 2.95 bits per heavy atom. The first-order valence-electron chi connectivity index (χ1n) is 7.58. The van der Waals surface area contributed by atoms with Crippen molar-refractivity contribution in [2.45, 2.75) is 71.0 Å². The van der Waals surface area contributed by atoms with E-state index in [0.717, 1.165) is 51.6 Å². The molecule has 0 aliphatic carbocycles. The molecule has 1 rings (SSSR count). The van der Waals surface area contributed by atoms with Crippen molar-refractivity contribution in [1.82, 2.24) is 0 Å². The molecule has 1 atom stereocenters. The molecule has 108 valence electrons. The van der Waals surface area contributed by atoms with Crippen LogP contribution in [0.15, 0.2) is 0 Å². The van der Waals surface area contributed by atoms with Gasteiger partial charge in [-0.05, 0) is 44.4 Å². The molecule has 1 fully saturated rings. The predicted molar refractivity (Wildman–Crippen MR) is 75.7 cm³/mol. The average Bonchev–Trinajstić information content (AvgIpc) is 2.44. The summed E-state index contributed by atoms with van der Waals surface area (Å²) in [4.78, 5) is 11.4. The Morgan fingerprint density at radius 2 is 2.21 bits per heavy atom. The van der Waals surface area contributed by atoms with Gasteiger partial charge in [0.25, 0.3) is 0 Å². The lowest BCUT2D eigenvalue weighted by Crippen LogP contribution is -2.22. The lowest BCUT2D eigenvalue weighted by molar-refractivity contribution is -0.162. The first-order chi connectivity index (χ1) is 9.33. The summed E-state index contributed by atoms with van der Waals surface area (Å²) in [5, 5.41) is 0. The van der Waals surface area contributed by atoms with Crippen LogP contribution in [0.4, 0.5) is 0 Å². The Labute approximate surface area is 117 Å². The molecule has 0 saturated carbocycles. The maximum atomic E-state index is 11.4. The Bertz CT molecular complexity index is 295. The van der Waals surface area contributed by atoms with Crippen molar-refractivity contribution in [1.29, 1.82) is 0 Å². The van der Waals surface area contributed by atoms with Gasteiger partial charge in [0.15, 0.2) is 6.29 Å². The molecule has 3 nitrogen and oxygen atoms in total. The molecular weight excluding hydrogens is 240 g/mol. The molecule has 1 aliphatic rings. The summed E-state index contributed by atoms with van der Waals surface area (Å²) in [5.74, 6) is 5.69. The van der Waals surface area contributed by atoms with Crippen LogP contribution in [-0.2, 0) is 14.3 Å². The number of carbonyl (C=O) groups is 1. The highest BCUT2D eigenvalue weighted by Gasteiger charge is 2.13. The van der Waals surface area contributed by atoms with E-state index in [1.165, 1.54) is 6.42 Å². The minimum Gasteiger partial charge on any atom is -0.353 e. The van der Waals surface area contributed by atoms with Gasteiger partial charge in [-0.1, -0.05) is 19.3 Å². The van der Waals surface area contributed by atoms with Crippen molar-refractivity contribution in [2.75, 3.05) is 13.2 Å². The summed E-state index contributed by atoms with van der Waals surface area (Å²) in [6.45, 7) is 3.62. The SMILES string of the molecule is CCCCC#CC(=O)CCCCOC1CCCCO1. The van der Waals surface area contributed by atoms with Crippen molar-refractivity contribution in [3.8, 4) is 11.8 Å². The number of carbonyl (C=O) groups excluding carboxylic acids is 1. The van der Waals surface area contributed by atoms with Gasteiger partial charge in [0, 0.05) is 26.1 Å². The third-order valence-corrected chi connectivity index (χ3v) is 3.12.